The summed E-state index contributed by atoms with van der Waals surface area (Å²) in [6.45, 7) is -0.0725. The molecule has 1 rings (SSSR count). The largest absolute Gasteiger partial charge is 0.416 e. The van der Waals surface area contributed by atoms with E-state index < -0.39 is 35.1 Å². The molecule has 0 heterocycles. The van der Waals surface area contributed by atoms with Crippen molar-refractivity contribution in [3.8, 4) is 0 Å². The quantitative estimate of drug-likeness (QED) is 0.843. The first-order valence-electron chi connectivity index (χ1n) is 5.33. The molecule has 0 aliphatic carbocycles. The Morgan fingerprint density at radius 3 is 1.80 bits per heavy atom. The van der Waals surface area contributed by atoms with Gasteiger partial charge in [0.2, 0.25) is 5.91 Å². The fraction of sp³-hybridized carbons (Fsp3) is 0.364. The normalized spacial score (nSPS) is 12.3. The molecule has 9 heteroatoms. The molecule has 0 spiro atoms. The van der Waals surface area contributed by atoms with Crippen molar-refractivity contribution in [3.05, 3.63) is 29.3 Å². The molecule has 0 aliphatic rings. The van der Waals surface area contributed by atoms with Crippen LogP contribution in [0.5, 0.6) is 0 Å². The molecule has 0 unspecified atom stereocenters. The molecule has 0 fully saturated rings. The molecule has 1 amide bonds. The second kappa shape index (κ2) is 5.70. The van der Waals surface area contributed by atoms with Gasteiger partial charge in [-0.3, -0.25) is 4.79 Å². The van der Waals surface area contributed by atoms with Crippen molar-refractivity contribution in [3.63, 3.8) is 0 Å². The van der Waals surface area contributed by atoms with Gasteiger partial charge in [0.1, 0.15) is 0 Å². The second-order valence-corrected chi connectivity index (χ2v) is 3.88. The van der Waals surface area contributed by atoms with Crippen LogP contribution in [0.25, 0.3) is 0 Å². The Balaban J connectivity index is 3.21. The third-order valence-corrected chi connectivity index (χ3v) is 2.24. The minimum Gasteiger partial charge on any atom is -0.330 e. The van der Waals surface area contributed by atoms with Crippen molar-refractivity contribution in [1.29, 1.82) is 0 Å². The number of benzene rings is 1. The van der Waals surface area contributed by atoms with Crippen molar-refractivity contribution < 1.29 is 31.1 Å². The number of amides is 1. The highest BCUT2D eigenvalue weighted by Crippen LogP contribution is 2.37. The van der Waals surface area contributed by atoms with Crippen LogP contribution < -0.4 is 11.1 Å². The van der Waals surface area contributed by atoms with Crippen LogP contribution in [0, 0.1) is 0 Å². The van der Waals surface area contributed by atoms with Gasteiger partial charge in [-0.15, -0.1) is 0 Å². The van der Waals surface area contributed by atoms with Crippen LogP contribution in [0.15, 0.2) is 18.2 Å². The van der Waals surface area contributed by atoms with E-state index in [0.717, 1.165) is 0 Å². The van der Waals surface area contributed by atoms with Crippen molar-refractivity contribution in [2.75, 3.05) is 11.9 Å². The van der Waals surface area contributed by atoms with E-state index in [0.29, 0.717) is 12.1 Å². The maximum atomic E-state index is 12.5. The van der Waals surface area contributed by atoms with E-state index in [1.165, 1.54) is 0 Å². The van der Waals surface area contributed by atoms with Crippen LogP contribution in [-0.2, 0) is 17.1 Å². The molecule has 0 radical (unpaired) electrons. The van der Waals surface area contributed by atoms with Crippen molar-refractivity contribution in [1.82, 2.24) is 0 Å². The van der Waals surface area contributed by atoms with Gasteiger partial charge in [0.25, 0.3) is 0 Å². The lowest BCUT2D eigenvalue weighted by Gasteiger charge is -2.14. The van der Waals surface area contributed by atoms with Crippen LogP contribution in [0.2, 0.25) is 0 Å². The highest BCUT2D eigenvalue weighted by atomic mass is 19.4. The molecule has 1 aromatic rings. The number of carbonyl (C=O) groups excluding carboxylic acids is 1. The highest BCUT2D eigenvalue weighted by molar-refractivity contribution is 5.91. The number of nitrogens with two attached hydrogens (primary N) is 1. The van der Waals surface area contributed by atoms with E-state index in [2.05, 4.69) is 0 Å². The second-order valence-electron chi connectivity index (χ2n) is 3.88. The van der Waals surface area contributed by atoms with E-state index in [9.17, 15) is 31.1 Å². The van der Waals surface area contributed by atoms with Gasteiger partial charge >= 0.3 is 12.4 Å². The molecule has 3 nitrogen and oxygen atoms in total. The topological polar surface area (TPSA) is 55.1 Å². The Morgan fingerprint density at radius 1 is 1.00 bits per heavy atom. The Hall–Kier alpha value is -1.77. The van der Waals surface area contributed by atoms with Crippen LogP contribution >= 0.6 is 0 Å². The van der Waals surface area contributed by atoms with Gasteiger partial charge in [-0.1, -0.05) is 0 Å². The standard InChI is InChI=1S/C11H10F6N2O/c12-10(13,14)6-3-7(11(15,16)17)5-8(4-6)19-9(20)1-2-18/h3-5H,1-2,18H2,(H,19,20). The number of carbonyl (C=O) groups is 1. The fourth-order valence-corrected chi connectivity index (χ4v) is 1.38. The van der Waals surface area contributed by atoms with E-state index in [1.807, 2.05) is 5.32 Å². The lowest BCUT2D eigenvalue weighted by molar-refractivity contribution is -0.143. The molecule has 0 aromatic heterocycles. The van der Waals surface area contributed by atoms with Crippen LogP contribution in [-0.4, -0.2) is 12.5 Å². The highest BCUT2D eigenvalue weighted by Gasteiger charge is 2.37. The molecule has 112 valence electrons. The zero-order chi connectivity index (χ0) is 15.6. The Labute approximate surface area is 109 Å². The average molecular weight is 300 g/mol. The fourth-order valence-electron chi connectivity index (χ4n) is 1.38. The summed E-state index contributed by atoms with van der Waals surface area (Å²) in [5.41, 5.74) is 1.50. The molecule has 0 bridgehead atoms. The predicted molar refractivity (Wildman–Crippen MR) is 58.7 cm³/mol. The van der Waals surface area contributed by atoms with Crippen LogP contribution in [0.3, 0.4) is 0 Å². The molecule has 0 atom stereocenters. The summed E-state index contributed by atoms with van der Waals surface area (Å²) >= 11 is 0. The molecule has 20 heavy (non-hydrogen) atoms. The van der Waals surface area contributed by atoms with E-state index in [4.69, 9.17) is 5.73 Å². The maximum Gasteiger partial charge on any atom is 0.416 e. The first-order valence-corrected chi connectivity index (χ1v) is 5.33. The SMILES string of the molecule is NCCC(=O)Nc1cc(C(F)(F)F)cc(C(F)(F)F)c1. The first kappa shape index (κ1) is 16.3. The Bertz CT molecular complexity index is 462. The number of halogens is 6. The summed E-state index contributed by atoms with van der Waals surface area (Å²) in [6, 6.07) is 0.853. The number of alkyl halides is 6. The monoisotopic (exact) mass is 300 g/mol. The predicted octanol–water partition coefficient (Wildman–Crippen LogP) is 3.01. The summed E-state index contributed by atoms with van der Waals surface area (Å²) in [5.74, 6) is -0.764. The minimum absolute atomic E-state index is 0.0153. The number of rotatable bonds is 3. The van der Waals surface area contributed by atoms with Gasteiger partial charge in [-0.05, 0) is 18.2 Å². The Morgan fingerprint density at radius 2 is 1.45 bits per heavy atom. The van der Waals surface area contributed by atoms with E-state index in [1.54, 1.807) is 0 Å². The van der Waals surface area contributed by atoms with Gasteiger partial charge in [0.05, 0.1) is 11.1 Å². The van der Waals surface area contributed by atoms with Gasteiger partial charge in [-0.2, -0.15) is 26.3 Å². The third kappa shape index (κ3) is 4.41. The summed E-state index contributed by atoms with van der Waals surface area (Å²) in [6.07, 6.45) is -10.1. The molecular formula is C11H10F6N2O. The summed E-state index contributed by atoms with van der Waals surface area (Å²) in [7, 11) is 0. The van der Waals surface area contributed by atoms with Crippen molar-refractivity contribution in [2.45, 2.75) is 18.8 Å². The lowest BCUT2D eigenvalue weighted by Crippen LogP contribution is -2.18. The van der Waals surface area contributed by atoms with Gasteiger partial charge in [-0.25, -0.2) is 0 Å². The van der Waals surface area contributed by atoms with Gasteiger partial charge in [0.15, 0.2) is 0 Å². The maximum absolute atomic E-state index is 12.5. The Kier molecular flexibility index (Phi) is 4.64. The number of hydrogen-bond donors (Lipinski definition) is 2. The molecule has 0 saturated heterocycles. The summed E-state index contributed by atoms with van der Waals surface area (Å²) < 4.78 is 75.1. The van der Waals surface area contributed by atoms with E-state index >= 15 is 0 Å². The first-order chi connectivity index (χ1) is 9.04. The number of anilines is 1. The van der Waals surface area contributed by atoms with Gasteiger partial charge < -0.3 is 11.1 Å². The molecular weight excluding hydrogens is 290 g/mol. The van der Waals surface area contributed by atoms with Crippen molar-refractivity contribution in [2.24, 2.45) is 5.73 Å². The van der Waals surface area contributed by atoms with Crippen molar-refractivity contribution >= 4 is 11.6 Å². The zero-order valence-corrected chi connectivity index (χ0v) is 9.90. The smallest absolute Gasteiger partial charge is 0.330 e. The molecule has 0 aliphatic heterocycles. The van der Waals surface area contributed by atoms with Crippen LogP contribution in [0.4, 0.5) is 32.0 Å². The molecule has 1 aromatic carbocycles. The summed E-state index contributed by atoms with van der Waals surface area (Å²) in [4.78, 5) is 11.2. The number of hydrogen-bond acceptors (Lipinski definition) is 2. The van der Waals surface area contributed by atoms with Gasteiger partial charge in [0, 0.05) is 18.7 Å². The molecule has 3 N–H and O–H groups in total. The lowest BCUT2D eigenvalue weighted by atomic mass is 10.1. The van der Waals surface area contributed by atoms with E-state index in [-0.39, 0.29) is 19.0 Å². The third-order valence-electron chi connectivity index (χ3n) is 2.24. The molecule has 0 saturated carbocycles. The van der Waals surface area contributed by atoms with Crippen LogP contribution in [0.1, 0.15) is 17.5 Å². The minimum atomic E-state index is -4.95. The summed E-state index contributed by atoms with van der Waals surface area (Å²) in [5, 5.41) is 1.95. The number of nitrogens with one attached hydrogen (secondary N) is 1. The zero-order valence-electron chi connectivity index (χ0n) is 9.90. The average Bonchev–Trinajstić information content (AvgIpc) is 2.26.